The molecule has 0 fully saturated rings. The molecule has 0 N–H and O–H groups in total. The number of aromatic nitrogens is 1. The first-order valence-electron chi connectivity index (χ1n) is 2.58. The van der Waals surface area contributed by atoms with E-state index in [-0.39, 0.29) is 0 Å². The molecule has 60 valence electrons. The molecule has 0 radical (unpaired) electrons. The van der Waals surface area contributed by atoms with Crippen LogP contribution in [0.1, 0.15) is 0 Å². The van der Waals surface area contributed by atoms with Crippen molar-refractivity contribution in [2.24, 2.45) is 4.99 Å². The van der Waals surface area contributed by atoms with E-state index in [1.807, 2.05) is 10.2 Å². The van der Waals surface area contributed by atoms with Crippen LogP contribution in [0, 0.1) is 3.95 Å². The highest BCUT2D eigenvalue weighted by atomic mass is 127. The summed E-state index contributed by atoms with van der Waals surface area (Å²) in [4.78, 5) is 8.08. The van der Waals surface area contributed by atoms with Crippen molar-refractivity contribution in [3.63, 3.8) is 0 Å². The fourth-order valence-corrected chi connectivity index (χ4v) is 2.28. The lowest BCUT2D eigenvalue weighted by Gasteiger charge is -1.95. The number of rotatable bonds is 2. The van der Waals surface area contributed by atoms with E-state index in [1.165, 1.54) is 20.7 Å². The second-order valence-corrected chi connectivity index (χ2v) is 5.85. The van der Waals surface area contributed by atoms with Gasteiger partial charge in [-0.15, -0.1) is 0 Å². The van der Waals surface area contributed by atoms with Crippen LogP contribution < -0.4 is 0 Å². The molecule has 1 aromatic heterocycles. The average molecular weight is 317 g/mol. The summed E-state index contributed by atoms with van der Waals surface area (Å²) in [5.41, 5.74) is 0. The van der Waals surface area contributed by atoms with Crippen LogP contribution >= 0.6 is 55.8 Å². The summed E-state index contributed by atoms with van der Waals surface area (Å²) < 4.78 is 2.48. The summed E-state index contributed by atoms with van der Waals surface area (Å²) >= 11 is 6.96. The minimum absolute atomic E-state index is 0.651. The number of hydrogen-bond acceptors (Lipinski definition) is 5. The Kier molecular flexibility index (Phi) is 3.82. The third kappa shape index (κ3) is 3.54. The van der Waals surface area contributed by atoms with Gasteiger partial charge in [-0.2, -0.15) is 4.98 Å². The fraction of sp³-hybridized carbons (Fsp3) is 0.250. The van der Waals surface area contributed by atoms with Gasteiger partial charge in [-0.05, 0) is 32.9 Å². The number of aliphatic imine (C=N–C) groups is 1. The first kappa shape index (κ1) is 9.49. The summed E-state index contributed by atoms with van der Waals surface area (Å²) in [5, 5.41) is 0.725. The molecule has 1 rings (SSSR count). The Morgan fingerprint density at radius 1 is 1.73 bits per heavy atom. The smallest absolute Gasteiger partial charge is 0.222 e. The monoisotopic (exact) mass is 317 g/mol. The number of halogens is 1. The molecule has 7 heteroatoms. The predicted molar refractivity (Wildman–Crippen MR) is 60.8 cm³/mol. The van der Waals surface area contributed by atoms with Crippen molar-refractivity contribution in [2.45, 2.75) is 0 Å². The molecule has 0 saturated carbocycles. The lowest BCUT2D eigenvalue weighted by molar-refractivity contribution is 0.935. The zero-order chi connectivity index (χ0) is 8.27. The van der Waals surface area contributed by atoms with E-state index in [0.717, 1.165) is 5.13 Å². The van der Waals surface area contributed by atoms with Crippen LogP contribution in [0.25, 0.3) is 0 Å². The van der Waals surface area contributed by atoms with E-state index in [2.05, 4.69) is 32.8 Å². The molecule has 0 unspecified atom stereocenters. The van der Waals surface area contributed by atoms with Crippen molar-refractivity contribution in [3.05, 3.63) is 3.95 Å². The Morgan fingerprint density at radius 3 is 2.91 bits per heavy atom. The standard InChI is InChI=1S/C4H4IN3S3/c1-8(5)2-6-3-7-4(9)11-10-3/h2H,1H3. The minimum Gasteiger partial charge on any atom is -0.308 e. The lowest BCUT2D eigenvalue weighted by Crippen LogP contribution is -1.97. The number of nitrogens with zero attached hydrogens (tertiary/aromatic N) is 3. The summed E-state index contributed by atoms with van der Waals surface area (Å²) in [7, 11) is 4.86. The van der Waals surface area contributed by atoms with Crippen molar-refractivity contribution in [1.29, 1.82) is 0 Å². The van der Waals surface area contributed by atoms with E-state index in [4.69, 9.17) is 12.2 Å². The van der Waals surface area contributed by atoms with Crippen LogP contribution in [-0.4, -0.2) is 21.5 Å². The van der Waals surface area contributed by atoms with Crippen molar-refractivity contribution < 1.29 is 0 Å². The molecule has 1 heterocycles. The van der Waals surface area contributed by atoms with Crippen LogP contribution in [0.3, 0.4) is 0 Å². The second kappa shape index (κ2) is 4.43. The highest BCUT2D eigenvalue weighted by Gasteiger charge is 1.92. The topological polar surface area (TPSA) is 28.5 Å². The summed E-state index contributed by atoms with van der Waals surface area (Å²) in [6, 6.07) is 0. The molecule has 0 aromatic carbocycles. The highest BCUT2D eigenvalue weighted by molar-refractivity contribution is 14.1. The van der Waals surface area contributed by atoms with Gasteiger partial charge in [-0.1, -0.05) is 0 Å². The Bertz CT molecular complexity index is 302. The van der Waals surface area contributed by atoms with Gasteiger partial charge < -0.3 is 3.11 Å². The van der Waals surface area contributed by atoms with Gasteiger partial charge in [-0.3, -0.25) is 0 Å². The molecular formula is C4H4IN3S3. The molecule has 0 bridgehead atoms. The molecule has 0 atom stereocenters. The fourth-order valence-electron chi connectivity index (χ4n) is 0.368. The molecule has 0 aliphatic heterocycles. The van der Waals surface area contributed by atoms with Crippen molar-refractivity contribution in [1.82, 2.24) is 8.10 Å². The zero-order valence-corrected chi connectivity index (χ0v) is 10.1. The Hall–Kier alpha value is 0.400. The molecule has 0 amide bonds. The van der Waals surface area contributed by atoms with Gasteiger partial charge in [0.25, 0.3) is 0 Å². The third-order valence-corrected chi connectivity index (χ3v) is 3.44. The molecule has 0 aliphatic carbocycles. The van der Waals surface area contributed by atoms with E-state index in [0.29, 0.717) is 3.95 Å². The minimum atomic E-state index is 0.651. The van der Waals surface area contributed by atoms with E-state index in [1.54, 1.807) is 6.34 Å². The largest absolute Gasteiger partial charge is 0.308 e. The summed E-state index contributed by atoms with van der Waals surface area (Å²) in [6.07, 6.45) is 1.70. The first-order chi connectivity index (χ1) is 5.18. The maximum Gasteiger partial charge on any atom is 0.222 e. The Labute approximate surface area is 90.7 Å². The Balaban J connectivity index is 2.72. The molecule has 0 saturated heterocycles. The summed E-state index contributed by atoms with van der Waals surface area (Å²) in [5.74, 6) is 0. The van der Waals surface area contributed by atoms with Gasteiger partial charge >= 0.3 is 0 Å². The molecule has 1 aromatic rings. The highest BCUT2D eigenvalue weighted by Crippen LogP contribution is 2.21. The summed E-state index contributed by atoms with van der Waals surface area (Å²) in [6.45, 7) is 0. The molecule has 11 heavy (non-hydrogen) atoms. The lowest BCUT2D eigenvalue weighted by atomic mass is 11.1. The molecule has 3 nitrogen and oxygen atoms in total. The molecule has 0 aliphatic rings. The van der Waals surface area contributed by atoms with Crippen molar-refractivity contribution in [3.8, 4) is 0 Å². The zero-order valence-electron chi connectivity index (χ0n) is 5.52. The van der Waals surface area contributed by atoms with Crippen LogP contribution in [0.5, 0.6) is 0 Å². The maximum atomic E-state index is 4.84. The van der Waals surface area contributed by atoms with Gasteiger partial charge in [0.1, 0.15) is 6.34 Å². The van der Waals surface area contributed by atoms with Crippen LogP contribution in [0.15, 0.2) is 4.99 Å². The molecule has 0 spiro atoms. The van der Waals surface area contributed by atoms with Crippen molar-refractivity contribution >= 4 is 67.2 Å². The van der Waals surface area contributed by atoms with Gasteiger partial charge in [-0.25, -0.2) is 4.99 Å². The van der Waals surface area contributed by atoms with Gasteiger partial charge in [0, 0.05) is 7.05 Å². The van der Waals surface area contributed by atoms with Crippen molar-refractivity contribution in [2.75, 3.05) is 7.05 Å². The van der Waals surface area contributed by atoms with Gasteiger partial charge in [0.2, 0.25) is 5.13 Å². The second-order valence-electron chi connectivity index (χ2n) is 1.60. The SMILES string of the molecule is CN(I)C=Nc1nc(=S)ss1. The molecular weight excluding hydrogens is 313 g/mol. The van der Waals surface area contributed by atoms with Crippen LogP contribution in [-0.2, 0) is 0 Å². The predicted octanol–water partition coefficient (Wildman–Crippen LogP) is 2.88. The van der Waals surface area contributed by atoms with Crippen LogP contribution in [0.2, 0.25) is 0 Å². The normalized spacial score (nSPS) is 10.7. The average Bonchev–Trinajstić information content (AvgIpc) is 2.31. The van der Waals surface area contributed by atoms with Gasteiger partial charge in [0.05, 0.1) is 22.9 Å². The van der Waals surface area contributed by atoms with Gasteiger partial charge in [0.15, 0.2) is 3.95 Å². The van der Waals surface area contributed by atoms with E-state index < -0.39 is 0 Å². The maximum absolute atomic E-state index is 4.84. The number of hydrogen-bond donors (Lipinski definition) is 0. The van der Waals surface area contributed by atoms with Crippen LogP contribution in [0.4, 0.5) is 5.13 Å². The Morgan fingerprint density at radius 2 is 2.45 bits per heavy atom. The third-order valence-electron chi connectivity index (χ3n) is 0.702. The first-order valence-corrected chi connectivity index (χ1v) is 6.11. The van der Waals surface area contributed by atoms with E-state index >= 15 is 0 Å². The quantitative estimate of drug-likeness (QED) is 0.210. The van der Waals surface area contributed by atoms with E-state index in [9.17, 15) is 0 Å².